The predicted molar refractivity (Wildman–Crippen MR) is 74.9 cm³/mol. The molecule has 0 saturated heterocycles. The van der Waals surface area contributed by atoms with E-state index in [-0.39, 0.29) is 12.2 Å². The summed E-state index contributed by atoms with van der Waals surface area (Å²) in [6.07, 6.45) is 1.22. The molecule has 5 heteroatoms. The van der Waals surface area contributed by atoms with Crippen molar-refractivity contribution in [2.45, 2.75) is 20.8 Å². The second-order valence-corrected chi connectivity index (χ2v) is 4.24. The number of Topliss-reactive ketones (excluding diaryl/α,β-unsaturated/α-hetero) is 1. The molecule has 0 atom stereocenters. The number of aryl methyl sites for hydroxylation is 2. The van der Waals surface area contributed by atoms with Gasteiger partial charge in [-0.15, -0.1) is 0 Å². The van der Waals surface area contributed by atoms with Gasteiger partial charge in [0.25, 0.3) is 5.78 Å². The Kier molecular flexibility index (Phi) is 5.48. The number of ether oxygens (including phenoxy) is 1. The summed E-state index contributed by atoms with van der Waals surface area (Å²) < 4.78 is 4.57. The Morgan fingerprint density at radius 3 is 2.40 bits per heavy atom. The molecule has 0 aliphatic carbocycles. The number of nitriles is 1. The van der Waals surface area contributed by atoms with Crippen LogP contribution in [0.3, 0.4) is 0 Å². The molecule has 0 amide bonds. The van der Waals surface area contributed by atoms with Gasteiger partial charge in [-0.1, -0.05) is 6.07 Å². The van der Waals surface area contributed by atoms with E-state index >= 15 is 0 Å². The summed E-state index contributed by atoms with van der Waals surface area (Å²) in [7, 11) is 0. The average molecular weight is 272 g/mol. The van der Waals surface area contributed by atoms with Crippen LogP contribution < -0.4 is 5.32 Å². The maximum atomic E-state index is 11.6. The number of rotatable bonds is 5. The van der Waals surface area contributed by atoms with E-state index in [1.54, 1.807) is 13.0 Å². The fourth-order valence-corrected chi connectivity index (χ4v) is 1.67. The van der Waals surface area contributed by atoms with E-state index in [9.17, 15) is 9.59 Å². The molecule has 0 aliphatic heterocycles. The molecule has 1 rings (SSSR count). The van der Waals surface area contributed by atoms with Crippen molar-refractivity contribution in [1.82, 2.24) is 0 Å². The summed E-state index contributed by atoms with van der Waals surface area (Å²) in [6, 6.07) is 7.43. The molecular weight excluding hydrogens is 256 g/mol. The summed E-state index contributed by atoms with van der Waals surface area (Å²) in [5.41, 5.74) is 2.56. The normalized spacial score (nSPS) is 10.6. The molecule has 0 aliphatic rings. The van der Waals surface area contributed by atoms with E-state index in [4.69, 9.17) is 5.26 Å². The molecular formula is C15H16N2O3. The number of carbonyl (C=O) groups excluding carboxylic acids is 2. The molecule has 1 aromatic carbocycles. The van der Waals surface area contributed by atoms with E-state index in [1.165, 1.54) is 6.20 Å². The number of ketones is 1. The fraction of sp³-hybridized carbons (Fsp3) is 0.267. The zero-order valence-electron chi connectivity index (χ0n) is 11.7. The first kappa shape index (κ1) is 15.4. The van der Waals surface area contributed by atoms with Crippen LogP contribution in [0.5, 0.6) is 0 Å². The first-order chi connectivity index (χ1) is 9.47. The molecule has 0 saturated carbocycles. The van der Waals surface area contributed by atoms with E-state index in [0.717, 1.165) is 16.8 Å². The molecule has 0 spiro atoms. The lowest BCUT2D eigenvalue weighted by Gasteiger charge is -2.05. The van der Waals surface area contributed by atoms with E-state index in [1.807, 2.05) is 32.0 Å². The summed E-state index contributed by atoms with van der Waals surface area (Å²) in [4.78, 5) is 22.9. The van der Waals surface area contributed by atoms with Gasteiger partial charge in [-0.05, 0) is 44.0 Å². The second kappa shape index (κ2) is 7.10. The molecule has 0 unspecified atom stereocenters. The van der Waals surface area contributed by atoms with Gasteiger partial charge in [0.05, 0.1) is 6.61 Å². The topological polar surface area (TPSA) is 79.2 Å². The molecule has 5 nitrogen and oxygen atoms in total. The smallest absolute Gasteiger partial charge is 0.380 e. The van der Waals surface area contributed by atoms with Crippen LogP contribution in [0.25, 0.3) is 0 Å². The van der Waals surface area contributed by atoms with Crippen molar-refractivity contribution in [3.05, 3.63) is 41.1 Å². The van der Waals surface area contributed by atoms with Crippen LogP contribution in [0.4, 0.5) is 5.69 Å². The summed E-state index contributed by atoms with van der Waals surface area (Å²) in [5.74, 6) is -1.98. The minimum atomic E-state index is -1.03. The Labute approximate surface area is 117 Å². The third-order valence-electron chi connectivity index (χ3n) is 2.43. The molecule has 1 N–H and O–H groups in total. The van der Waals surface area contributed by atoms with Crippen LogP contribution in [0.2, 0.25) is 0 Å². The maximum absolute atomic E-state index is 11.6. The highest BCUT2D eigenvalue weighted by molar-refractivity contribution is 6.41. The average Bonchev–Trinajstić information content (AvgIpc) is 2.38. The predicted octanol–water partition coefficient (Wildman–Crippen LogP) is 2.26. The lowest BCUT2D eigenvalue weighted by molar-refractivity contribution is -0.151. The maximum Gasteiger partial charge on any atom is 0.380 e. The first-order valence-corrected chi connectivity index (χ1v) is 6.14. The molecule has 104 valence electrons. The van der Waals surface area contributed by atoms with Crippen LogP contribution in [0.15, 0.2) is 30.0 Å². The van der Waals surface area contributed by atoms with Crippen molar-refractivity contribution in [2.24, 2.45) is 0 Å². The van der Waals surface area contributed by atoms with Gasteiger partial charge in [0.2, 0.25) is 0 Å². The number of nitrogens with one attached hydrogen (secondary N) is 1. The minimum Gasteiger partial charge on any atom is -0.460 e. The molecule has 0 aromatic heterocycles. The number of carbonyl (C=O) groups is 2. The third-order valence-corrected chi connectivity index (χ3v) is 2.43. The van der Waals surface area contributed by atoms with Crippen molar-refractivity contribution < 1.29 is 14.3 Å². The number of hydrogen-bond donors (Lipinski definition) is 1. The van der Waals surface area contributed by atoms with Crippen molar-refractivity contribution in [3.63, 3.8) is 0 Å². The Balaban J connectivity index is 2.88. The van der Waals surface area contributed by atoms with Crippen LogP contribution >= 0.6 is 0 Å². The van der Waals surface area contributed by atoms with Gasteiger partial charge in [-0.25, -0.2) is 4.79 Å². The van der Waals surface area contributed by atoms with Crippen LogP contribution in [-0.4, -0.2) is 18.4 Å². The minimum absolute atomic E-state index is 0.0911. The summed E-state index contributed by atoms with van der Waals surface area (Å²) >= 11 is 0. The SMILES string of the molecule is CCOC(=O)C(=O)C(C#N)=CNc1cc(C)cc(C)c1. The summed E-state index contributed by atoms with van der Waals surface area (Å²) in [5, 5.41) is 11.8. The van der Waals surface area contributed by atoms with Gasteiger partial charge < -0.3 is 10.1 Å². The van der Waals surface area contributed by atoms with E-state index in [2.05, 4.69) is 10.1 Å². The van der Waals surface area contributed by atoms with Crippen LogP contribution in [-0.2, 0) is 14.3 Å². The molecule has 1 aromatic rings. The zero-order chi connectivity index (χ0) is 15.1. The fourth-order valence-electron chi connectivity index (χ4n) is 1.67. The van der Waals surface area contributed by atoms with Crippen molar-refractivity contribution >= 4 is 17.4 Å². The van der Waals surface area contributed by atoms with Gasteiger partial charge >= 0.3 is 5.97 Å². The Bertz CT molecular complexity index is 577. The lowest BCUT2D eigenvalue weighted by Crippen LogP contribution is -2.19. The van der Waals surface area contributed by atoms with E-state index < -0.39 is 11.8 Å². The van der Waals surface area contributed by atoms with Crippen molar-refractivity contribution in [1.29, 1.82) is 5.26 Å². The molecule has 0 bridgehead atoms. The highest BCUT2D eigenvalue weighted by Crippen LogP contribution is 2.14. The van der Waals surface area contributed by atoms with Crippen molar-refractivity contribution in [3.8, 4) is 6.07 Å². The largest absolute Gasteiger partial charge is 0.460 e. The van der Waals surface area contributed by atoms with E-state index in [0.29, 0.717) is 0 Å². The first-order valence-electron chi connectivity index (χ1n) is 6.14. The number of nitrogens with zero attached hydrogens (tertiary/aromatic N) is 1. The van der Waals surface area contributed by atoms with Gasteiger partial charge in [0, 0.05) is 11.9 Å². The molecule has 20 heavy (non-hydrogen) atoms. The quantitative estimate of drug-likeness (QED) is 0.385. The highest BCUT2D eigenvalue weighted by Gasteiger charge is 2.20. The third kappa shape index (κ3) is 4.25. The Morgan fingerprint density at radius 1 is 1.30 bits per heavy atom. The number of benzene rings is 1. The van der Waals surface area contributed by atoms with Gasteiger partial charge in [0.15, 0.2) is 0 Å². The van der Waals surface area contributed by atoms with Gasteiger partial charge in [-0.2, -0.15) is 5.26 Å². The van der Waals surface area contributed by atoms with Gasteiger partial charge in [-0.3, -0.25) is 4.79 Å². The number of esters is 1. The van der Waals surface area contributed by atoms with Gasteiger partial charge in [0.1, 0.15) is 11.6 Å². The van der Waals surface area contributed by atoms with Crippen LogP contribution in [0, 0.1) is 25.2 Å². The number of anilines is 1. The zero-order valence-corrected chi connectivity index (χ0v) is 11.7. The highest BCUT2D eigenvalue weighted by atomic mass is 16.5. The Hall–Kier alpha value is -2.61. The monoisotopic (exact) mass is 272 g/mol. The molecule has 0 fully saturated rings. The van der Waals surface area contributed by atoms with Crippen LogP contribution in [0.1, 0.15) is 18.1 Å². The second-order valence-electron chi connectivity index (χ2n) is 4.24. The lowest BCUT2D eigenvalue weighted by atomic mass is 10.1. The van der Waals surface area contributed by atoms with Crippen molar-refractivity contribution in [2.75, 3.05) is 11.9 Å². The number of hydrogen-bond acceptors (Lipinski definition) is 5. The summed E-state index contributed by atoms with van der Waals surface area (Å²) in [6.45, 7) is 5.57. The molecule has 0 heterocycles. The Morgan fingerprint density at radius 2 is 1.90 bits per heavy atom. The molecule has 0 radical (unpaired) electrons. The standard InChI is InChI=1S/C15H16N2O3/c1-4-20-15(19)14(18)12(8-16)9-17-13-6-10(2)5-11(3)7-13/h5-7,9,17H,4H2,1-3H3.